The zero-order valence-electron chi connectivity index (χ0n) is 8.64. The van der Waals surface area contributed by atoms with Crippen LogP contribution in [-0.2, 0) is 19.4 Å². The van der Waals surface area contributed by atoms with E-state index in [1.807, 2.05) is 7.05 Å². The molecule has 6 N–H and O–H groups in total. The van der Waals surface area contributed by atoms with Gasteiger partial charge in [0.05, 0.1) is 5.69 Å². The van der Waals surface area contributed by atoms with Crippen molar-refractivity contribution in [3.8, 4) is 0 Å². The largest absolute Gasteiger partial charge is 0.330 e. The van der Waals surface area contributed by atoms with Crippen LogP contribution >= 0.6 is 0 Å². The van der Waals surface area contributed by atoms with E-state index < -0.39 is 0 Å². The number of nitrogens with zero attached hydrogens (tertiary/aromatic N) is 1. The van der Waals surface area contributed by atoms with Gasteiger partial charge in [0, 0.05) is 18.7 Å². The molecule has 1 rings (SSSR count). The van der Waals surface area contributed by atoms with Gasteiger partial charge < -0.3 is 16.8 Å². The second-order valence-electron chi connectivity index (χ2n) is 3.24. The van der Waals surface area contributed by atoms with Crippen LogP contribution in [0.1, 0.15) is 17.0 Å². The van der Waals surface area contributed by atoms with Crippen LogP contribution in [-0.4, -0.2) is 30.3 Å². The van der Waals surface area contributed by atoms with Gasteiger partial charge in [0.25, 0.3) is 0 Å². The van der Waals surface area contributed by atoms with Gasteiger partial charge in [-0.2, -0.15) is 5.10 Å². The first kappa shape index (κ1) is 11.2. The molecular weight excluding hydrogens is 178 g/mol. The highest BCUT2D eigenvalue weighted by Crippen LogP contribution is 2.12. The number of hydrogen-bond donors (Lipinski definition) is 4. The fourth-order valence-corrected chi connectivity index (χ4v) is 1.55. The molecule has 0 aliphatic heterocycles. The molecule has 0 spiro atoms. The number of aromatic amines is 1. The number of aromatic nitrogens is 2. The number of rotatable bonds is 6. The zero-order valence-corrected chi connectivity index (χ0v) is 8.64. The molecule has 0 saturated heterocycles. The Morgan fingerprint density at radius 1 is 1.29 bits per heavy atom. The monoisotopic (exact) mass is 197 g/mol. The summed E-state index contributed by atoms with van der Waals surface area (Å²) in [6.07, 6.45) is 1.70. The molecule has 0 aliphatic rings. The van der Waals surface area contributed by atoms with Gasteiger partial charge in [0.15, 0.2) is 0 Å². The molecule has 0 bridgehead atoms. The summed E-state index contributed by atoms with van der Waals surface area (Å²) in [5.74, 6) is 0. The lowest BCUT2D eigenvalue weighted by Crippen LogP contribution is -2.12. The van der Waals surface area contributed by atoms with Crippen LogP contribution in [0.25, 0.3) is 0 Å². The Morgan fingerprint density at radius 2 is 2.00 bits per heavy atom. The number of nitrogens with two attached hydrogens (primary N) is 2. The molecule has 0 fully saturated rings. The van der Waals surface area contributed by atoms with E-state index in [0.717, 1.165) is 30.8 Å². The summed E-state index contributed by atoms with van der Waals surface area (Å²) < 4.78 is 0. The topological polar surface area (TPSA) is 92.8 Å². The smallest absolute Gasteiger partial charge is 0.0795 e. The lowest BCUT2D eigenvalue weighted by molar-refractivity contribution is 0.771. The molecule has 0 aromatic carbocycles. The maximum Gasteiger partial charge on any atom is 0.0795 e. The molecule has 1 aromatic rings. The molecule has 5 heteroatoms. The van der Waals surface area contributed by atoms with Crippen LogP contribution in [0.3, 0.4) is 0 Å². The maximum atomic E-state index is 5.56. The average molecular weight is 197 g/mol. The second-order valence-corrected chi connectivity index (χ2v) is 3.24. The fourth-order valence-electron chi connectivity index (χ4n) is 1.55. The van der Waals surface area contributed by atoms with Crippen LogP contribution in [0.2, 0.25) is 0 Å². The first-order valence-corrected chi connectivity index (χ1v) is 4.93. The summed E-state index contributed by atoms with van der Waals surface area (Å²) >= 11 is 0. The molecular formula is C9H19N5. The summed E-state index contributed by atoms with van der Waals surface area (Å²) in [5, 5.41) is 10.3. The summed E-state index contributed by atoms with van der Waals surface area (Å²) in [6.45, 7) is 2.06. The molecule has 5 nitrogen and oxygen atoms in total. The molecule has 0 amide bonds. The molecule has 0 aliphatic carbocycles. The van der Waals surface area contributed by atoms with E-state index in [2.05, 4.69) is 15.5 Å². The maximum absolute atomic E-state index is 5.56. The van der Waals surface area contributed by atoms with Gasteiger partial charge in [0.1, 0.15) is 0 Å². The number of H-pyrrole nitrogens is 1. The third-order valence-electron chi connectivity index (χ3n) is 2.17. The predicted molar refractivity (Wildman–Crippen MR) is 56.9 cm³/mol. The minimum absolute atomic E-state index is 0.638. The van der Waals surface area contributed by atoms with Crippen molar-refractivity contribution in [3.63, 3.8) is 0 Å². The minimum Gasteiger partial charge on any atom is -0.330 e. The molecule has 0 unspecified atom stereocenters. The molecule has 0 radical (unpaired) electrons. The number of hydrogen-bond acceptors (Lipinski definition) is 4. The minimum atomic E-state index is 0.638. The highest BCUT2D eigenvalue weighted by molar-refractivity contribution is 5.26. The fraction of sp³-hybridized carbons (Fsp3) is 0.667. The number of nitrogens with one attached hydrogen (secondary N) is 2. The van der Waals surface area contributed by atoms with Crippen LogP contribution in [0.15, 0.2) is 0 Å². The van der Waals surface area contributed by atoms with Crippen LogP contribution in [0.4, 0.5) is 0 Å². The first-order valence-electron chi connectivity index (χ1n) is 4.93. The van der Waals surface area contributed by atoms with Crippen LogP contribution < -0.4 is 16.8 Å². The average Bonchev–Trinajstić information content (AvgIpc) is 2.52. The molecule has 0 saturated carbocycles. The molecule has 14 heavy (non-hydrogen) atoms. The molecule has 1 heterocycles. The molecule has 0 atom stereocenters. The van der Waals surface area contributed by atoms with Crippen molar-refractivity contribution in [2.24, 2.45) is 11.5 Å². The predicted octanol–water partition coefficient (Wildman–Crippen LogP) is -0.868. The summed E-state index contributed by atoms with van der Waals surface area (Å²) in [4.78, 5) is 0. The van der Waals surface area contributed by atoms with Gasteiger partial charge in [-0.05, 0) is 32.1 Å². The van der Waals surface area contributed by atoms with Gasteiger partial charge in [-0.25, -0.2) is 0 Å². The zero-order chi connectivity index (χ0) is 10.4. The van der Waals surface area contributed by atoms with Gasteiger partial charge >= 0.3 is 0 Å². The molecule has 80 valence electrons. The van der Waals surface area contributed by atoms with Crippen molar-refractivity contribution in [1.82, 2.24) is 15.5 Å². The van der Waals surface area contributed by atoms with Gasteiger partial charge in [-0.1, -0.05) is 0 Å². The normalized spacial score (nSPS) is 10.8. The van der Waals surface area contributed by atoms with Crippen molar-refractivity contribution >= 4 is 0 Å². The Labute approximate surface area is 84.2 Å². The quantitative estimate of drug-likeness (QED) is 0.477. The second kappa shape index (κ2) is 5.74. The Balaban J connectivity index is 2.82. The highest BCUT2D eigenvalue weighted by Gasteiger charge is 2.10. The first-order chi connectivity index (χ1) is 6.83. The van der Waals surface area contributed by atoms with Crippen molar-refractivity contribution in [2.45, 2.75) is 19.4 Å². The summed E-state index contributed by atoms with van der Waals surface area (Å²) in [7, 11) is 1.91. The third-order valence-corrected chi connectivity index (χ3v) is 2.17. The van der Waals surface area contributed by atoms with Crippen LogP contribution in [0, 0.1) is 0 Å². The van der Waals surface area contributed by atoms with Crippen molar-refractivity contribution in [1.29, 1.82) is 0 Å². The van der Waals surface area contributed by atoms with Crippen LogP contribution in [0.5, 0.6) is 0 Å². The van der Waals surface area contributed by atoms with E-state index in [1.165, 1.54) is 5.56 Å². The van der Waals surface area contributed by atoms with Crippen molar-refractivity contribution in [3.05, 3.63) is 17.0 Å². The Bertz CT molecular complexity index is 245. The molecule has 1 aromatic heterocycles. The Hall–Kier alpha value is -0.910. The van der Waals surface area contributed by atoms with E-state index in [0.29, 0.717) is 13.1 Å². The Kier molecular flexibility index (Phi) is 4.58. The third kappa shape index (κ3) is 2.54. The van der Waals surface area contributed by atoms with Gasteiger partial charge in [-0.3, -0.25) is 5.10 Å². The van der Waals surface area contributed by atoms with E-state index in [4.69, 9.17) is 11.5 Å². The lowest BCUT2D eigenvalue weighted by atomic mass is 10.1. The highest BCUT2D eigenvalue weighted by atomic mass is 15.1. The SMILES string of the molecule is CNCc1n[nH]c(CCN)c1CCN. The van der Waals surface area contributed by atoms with Gasteiger partial charge in [-0.15, -0.1) is 0 Å². The van der Waals surface area contributed by atoms with E-state index >= 15 is 0 Å². The van der Waals surface area contributed by atoms with Gasteiger partial charge in [0.2, 0.25) is 0 Å². The van der Waals surface area contributed by atoms with E-state index in [1.54, 1.807) is 0 Å². The lowest BCUT2D eigenvalue weighted by Gasteiger charge is -2.03. The van der Waals surface area contributed by atoms with Crippen molar-refractivity contribution < 1.29 is 0 Å². The summed E-state index contributed by atoms with van der Waals surface area (Å²) in [6, 6.07) is 0. The van der Waals surface area contributed by atoms with E-state index in [9.17, 15) is 0 Å². The van der Waals surface area contributed by atoms with Crippen molar-refractivity contribution in [2.75, 3.05) is 20.1 Å². The standard InChI is InChI=1S/C9H19N5/c1-12-6-9-7(2-4-10)8(3-5-11)13-14-9/h12H,2-6,10-11H2,1H3,(H,13,14). The Morgan fingerprint density at radius 3 is 2.57 bits per heavy atom. The van der Waals surface area contributed by atoms with E-state index in [-0.39, 0.29) is 0 Å². The summed E-state index contributed by atoms with van der Waals surface area (Å²) in [5.41, 5.74) is 14.5.